The number of ether oxygens (including phenoxy) is 1. The number of amidine groups is 1. The van der Waals surface area contributed by atoms with Crippen LogP contribution in [0.2, 0.25) is 0 Å². The van der Waals surface area contributed by atoms with Crippen molar-refractivity contribution < 1.29 is 68.3 Å². The van der Waals surface area contributed by atoms with Crippen molar-refractivity contribution in [1.29, 1.82) is 10.5 Å². The molecule has 0 saturated heterocycles. The Hall–Kier alpha value is -9.20. The van der Waals surface area contributed by atoms with Gasteiger partial charge in [0.2, 0.25) is 0 Å². The lowest BCUT2D eigenvalue weighted by Gasteiger charge is -2.38. The number of nitrogens with one attached hydrogen (secondary N) is 2. The standard InChI is InChI=1S/C55H46F6N10O8S/c1-71(53(76)66-80(77,78)42-21-19-41(79-2)20-22-42,25-5-23-67-31-43-45(49(67)72)47(35-15-11-33(29-62)12-16-35)64-51(74)69(43)39-9-3-7-37(27-39)54(56,57)58)26-6-24-68-32-44-46(50(68)73)48(36-17-13-34(30-63)14-18-36)65-52(75)70(44)40-10-4-8-38(28-40)55(59,60)61/h3-4,7-22,27-28,47-48H,5-6,23-26,31-32H2,1-2H3,(H2-,64,65,66,74,75,76)/t47-,48-/m1/s1. The van der Waals surface area contributed by atoms with Crippen LogP contribution in [-0.4, -0.2) is 106 Å². The van der Waals surface area contributed by atoms with Crippen LogP contribution >= 0.6 is 0 Å². The number of nitriles is 2. The minimum Gasteiger partial charge on any atom is -0.815 e. The Morgan fingerprint density at radius 2 is 1.09 bits per heavy atom. The summed E-state index contributed by atoms with van der Waals surface area (Å²) >= 11 is 0. The number of urea groups is 2. The molecule has 0 spiro atoms. The Labute approximate surface area is 453 Å². The van der Waals surface area contributed by atoms with Crippen LogP contribution in [0.25, 0.3) is 0 Å². The predicted octanol–water partition coefficient (Wildman–Crippen LogP) is 7.24. The first-order chi connectivity index (χ1) is 37.9. The summed E-state index contributed by atoms with van der Waals surface area (Å²) < 4.78 is 119. The Kier molecular flexibility index (Phi) is 15.0. The molecule has 412 valence electrons. The van der Waals surface area contributed by atoms with E-state index in [1.807, 2.05) is 12.1 Å². The summed E-state index contributed by atoms with van der Waals surface area (Å²) in [7, 11) is -1.90. The monoisotopic (exact) mass is 1120 g/mol. The number of benzene rings is 5. The minimum atomic E-state index is -4.78. The molecule has 0 unspecified atom stereocenters. The zero-order valence-corrected chi connectivity index (χ0v) is 43.2. The Bertz CT molecular complexity index is 3430. The number of sulfonamides is 1. The number of rotatable bonds is 15. The van der Waals surface area contributed by atoms with Crippen LogP contribution in [0.4, 0.5) is 47.3 Å². The number of alkyl halides is 6. The molecule has 18 nitrogen and oxygen atoms in total. The average Bonchev–Trinajstić information content (AvgIpc) is 4.06. The fourth-order valence-corrected chi connectivity index (χ4v) is 11.1. The van der Waals surface area contributed by atoms with E-state index in [9.17, 15) is 69.6 Å². The van der Waals surface area contributed by atoms with Crippen molar-refractivity contribution >= 4 is 51.3 Å². The molecular formula is C55H46F6N10O8S. The van der Waals surface area contributed by atoms with Crippen LogP contribution in [0.15, 0.2) is 153 Å². The first-order valence-corrected chi connectivity index (χ1v) is 26.0. The number of hydrogen-bond acceptors (Lipinski definition) is 10. The fraction of sp³-hybridized carbons (Fsp3) is 0.255. The molecule has 4 aliphatic heterocycles. The highest BCUT2D eigenvalue weighted by Crippen LogP contribution is 2.43. The molecule has 0 saturated carbocycles. The quantitative estimate of drug-likeness (QED) is 0.0462. The van der Waals surface area contributed by atoms with Crippen LogP contribution < -0.4 is 30.3 Å². The van der Waals surface area contributed by atoms with Gasteiger partial charge in [-0.2, -0.15) is 45.3 Å². The normalized spacial score (nSPS) is 18.0. The van der Waals surface area contributed by atoms with E-state index in [0.29, 0.717) is 16.9 Å². The predicted molar refractivity (Wildman–Crippen MR) is 273 cm³/mol. The van der Waals surface area contributed by atoms with E-state index in [1.165, 1.54) is 109 Å². The van der Waals surface area contributed by atoms with Crippen LogP contribution in [0, 0.1) is 22.7 Å². The van der Waals surface area contributed by atoms with Crippen molar-refractivity contribution in [2.75, 3.05) is 63.2 Å². The number of halogens is 6. The van der Waals surface area contributed by atoms with E-state index in [4.69, 9.17) is 4.74 Å². The maximum atomic E-state index is 14.6. The topological polar surface area (TPSA) is 232 Å². The maximum Gasteiger partial charge on any atom is 0.416 e. The van der Waals surface area contributed by atoms with Crippen molar-refractivity contribution in [2.24, 2.45) is 4.40 Å². The van der Waals surface area contributed by atoms with Crippen LogP contribution in [0.1, 0.15) is 58.3 Å². The summed E-state index contributed by atoms with van der Waals surface area (Å²) in [5.41, 5.74) is -0.953. The third kappa shape index (κ3) is 11.0. The van der Waals surface area contributed by atoms with Crippen LogP contribution in [0.5, 0.6) is 5.75 Å². The van der Waals surface area contributed by atoms with E-state index in [1.54, 1.807) is 0 Å². The maximum absolute atomic E-state index is 14.6. The molecule has 2 N–H and O–H groups in total. The van der Waals surface area contributed by atoms with Gasteiger partial charge in [0.1, 0.15) is 5.75 Å². The molecule has 0 fully saturated rings. The smallest absolute Gasteiger partial charge is 0.416 e. The summed E-state index contributed by atoms with van der Waals surface area (Å²) in [4.78, 5) is 61.3. The highest BCUT2D eigenvalue weighted by Gasteiger charge is 2.47. The zero-order valence-electron chi connectivity index (χ0n) is 42.4. The molecule has 0 radical (unpaired) electrons. The van der Waals surface area contributed by atoms with Gasteiger partial charge >= 0.3 is 24.4 Å². The highest BCUT2D eigenvalue weighted by molar-refractivity contribution is 7.90. The molecule has 25 heteroatoms. The molecule has 4 aliphatic rings. The number of hydrogen-bond donors (Lipinski definition) is 2. The van der Waals surface area contributed by atoms with E-state index in [2.05, 4.69) is 15.0 Å². The number of carbonyl (C=O) groups excluding carboxylic acids is 4. The molecule has 5 aromatic carbocycles. The number of methoxy groups -OCH3 is 1. The number of anilines is 2. The Morgan fingerprint density at radius 3 is 1.46 bits per heavy atom. The number of quaternary nitrogens is 1. The van der Waals surface area contributed by atoms with Gasteiger partial charge in [-0.25, -0.2) is 9.59 Å². The molecule has 0 aromatic heterocycles. The number of amides is 6. The SMILES string of the molecule is COc1ccc(S(=O)(=O)/N=C(\[O-])[N+](C)(CCCN2CC3=C(C2=O)[C@@H](c2ccc(C#N)cc2)NC(=O)N3c2cccc(C(F)(F)F)c2)CCCN2CC3=C(C2=O)[C@@H](c2ccc(C#N)cc2)NC(=O)N3c2cccc(C(F)(F)F)c2)cc1. The van der Waals surface area contributed by atoms with E-state index < -0.39 is 80.0 Å². The average molecular weight is 1120 g/mol. The molecule has 0 aliphatic carbocycles. The van der Waals surface area contributed by atoms with Crippen LogP contribution in [-0.2, 0) is 32.0 Å². The Balaban J connectivity index is 0.995. The molecule has 5 aromatic rings. The van der Waals surface area contributed by atoms with Gasteiger partial charge in [0, 0.05) is 25.9 Å². The summed E-state index contributed by atoms with van der Waals surface area (Å²) in [5.74, 6) is -0.915. The van der Waals surface area contributed by atoms with Gasteiger partial charge in [-0.3, -0.25) is 23.9 Å². The van der Waals surface area contributed by atoms with Gasteiger partial charge in [-0.1, -0.05) is 36.4 Å². The molecule has 9 rings (SSSR count). The van der Waals surface area contributed by atoms with Gasteiger partial charge in [0.15, 0.2) is 6.02 Å². The third-order valence-electron chi connectivity index (χ3n) is 14.2. The zero-order chi connectivity index (χ0) is 57.5. The minimum absolute atomic E-state index is 0.0252. The van der Waals surface area contributed by atoms with Gasteiger partial charge in [0.25, 0.3) is 21.8 Å². The highest BCUT2D eigenvalue weighted by atomic mass is 32.2. The number of carbonyl (C=O) groups is 4. The molecule has 2 atom stereocenters. The van der Waals surface area contributed by atoms with E-state index in [-0.39, 0.29) is 102 Å². The van der Waals surface area contributed by atoms with Gasteiger partial charge in [0.05, 0.1) is 126 Å². The van der Waals surface area contributed by atoms with E-state index >= 15 is 0 Å². The third-order valence-corrected chi connectivity index (χ3v) is 15.4. The molecule has 4 heterocycles. The molecular weight excluding hydrogens is 1070 g/mol. The first kappa shape index (κ1) is 55.6. The fourth-order valence-electron chi connectivity index (χ4n) is 10.1. The lowest BCUT2D eigenvalue weighted by molar-refractivity contribution is -0.849. The van der Waals surface area contributed by atoms with Crippen molar-refractivity contribution in [3.8, 4) is 17.9 Å². The lowest BCUT2D eigenvalue weighted by Crippen LogP contribution is -2.57. The summed E-state index contributed by atoms with van der Waals surface area (Å²) in [6.07, 6.45) is -9.64. The lowest BCUT2D eigenvalue weighted by atomic mass is 9.94. The largest absolute Gasteiger partial charge is 0.815 e. The first-order valence-electron chi connectivity index (χ1n) is 24.6. The van der Waals surface area contributed by atoms with Gasteiger partial charge in [-0.15, -0.1) is 4.40 Å². The van der Waals surface area contributed by atoms with Crippen LogP contribution in [0.3, 0.4) is 0 Å². The van der Waals surface area contributed by atoms with Crippen molar-refractivity contribution in [3.63, 3.8) is 0 Å². The molecule has 6 amide bonds. The number of nitrogens with zero attached hydrogens (tertiary/aromatic N) is 8. The molecule has 80 heavy (non-hydrogen) atoms. The Morgan fingerprint density at radius 1 is 0.675 bits per heavy atom. The summed E-state index contributed by atoms with van der Waals surface area (Å²) in [6.45, 7) is -1.26. The molecule has 0 bridgehead atoms. The second-order valence-corrected chi connectivity index (χ2v) is 20.9. The van der Waals surface area contributed by atoms with Gasteiger partial charge in [-0.05, 0) is 96.1 Å². The van der Waals surface area contributed by atoms with E-state index in [0.717, 1.165) is 46.2 Å². The van der Waals surface area contributed by atoms with Crippen molar-refractivity contribution in [3.05, 3.63) is 177 Å². The summed E-state index contributed by atoms with van der Waals surface area (Å²) in [5, 5.41) is 38.8. The van der Waals surface area contributed by atoms with Crippen molar-refractivity contribution in [2.45, 2.75) is 42.2 Å². The second kappa shape index (κ2) is 21.6. The van der Waals surface area contributed by atoms with Gasteiger partial charge < -0.3 is 30.3 Å². The van der Waals surface area contributed by atoms with Crippen molar-refractivity contribution in [1.82, 2.24) is 20.4 Å². The summed E-state index contributed by atoms with van der Waals surface area (Å²) in [6, 6.07) is 24.0. The second-order valence-electron chi connectivity index (χ2n) is 19.2.